The summed E-state index contributed by atoms with van der Waals surface area (Å²) in [5.74, 6) is -0.931. The molecular formula is C15H22N4O3. The lowest BCUT2D eigenvalue weighted by atomic mass is 10.1. The van der Waals surface area contributed by atoms with Crippen LogP contribution in [0.2, 0.25) is 0 Å². The zero-order valence-corrected chi connectivity index (χ0v) is 12.6. The van der Waals surface area contributed by atoms with Crippen molar-refractivity contribution in [3.63, 3.8) is 0 Å². The monoisotopic (exact) mass is 306 g/mol. The lowest BCUT2D eigenvalue weighted by Gasteiger charge is -2.26. The van der Waals surface area contributed by atoms with Crippen LogP contribution in [0, 0.1) is 0 Å². The maximum atomic E-state index is 12.2. The van der Waals surface area contributed by atoms with E-state index in [-0.39, 0.29) is 23.3 Å². The highest BCUT2D eigenvalue weighted by Crippen LogP contribution is 2.23. The number of nitrogen functional groups attached to an aromatic ring is 1. The molecule has 1 atom stereocenters. The first-order valence-corrected chi connectivity index (χ1v) is 7.34. The van der Waals surface area contributed by atoms with E-state index in [2.05, 4.69) is 10.6 Å². The molecule has 0 saturated carbocycles. The molecule has 2 amide bonds. The Hall–Kier alpha value is -2.12. The Balaban J connectivity index is 1.99. The number of hydrogen-bond acceptors (Lipinski definition) is 5. The Bertz CT molecular complexity index is 556. The van der Waals surface area contributed by atoms with Gasteiger partial charge in [0.05, 0.1) is 23.0 Å². The molecule has 1 aliphatic rings. The van der Waals surface area contributed by atoms with Crippen molar-refractivity contribution in [1.29, 1.82) is 0 Å². The smallest absolute Gasteiger partial charge is 0.253 e. The molecule has 0 aromatic heterocycles. The Labute approximate surface area is 129 Å². The van der Waals surface area contributed by atoms with Crippen LogP contribution in [0.25, 0.3) is 0 Å². The number of benzene rings is 1. The van der Waals surface area contributed by atoms with Crippen molar-refractivity contribution in [2.24, 2.45) is 5.73 Å². The molecule has 1 heterocycles. The van der Waals surface area contributed by atoms with Crippen LogP contribution in [0.4, 0.5) is 11.4 Å². The molecule has 7 nitrogen and oxygen atoms in total. The van der Waals surface area contributed by atoms with Crippen molar-refractivity contribution in [3.8, 4) is 0 Å². The van der Waals surface area contributed by atoms with Gasteiger partial charge < -0.3 is 26.8 Å². The largest absolute Gasteiger partial charge is 0.396 e. The van der Waals surface area contributed by atoms with E-state index in [1.165, 1.54) is 6.07 Å². The van der Waals surface area contributed by atoms with Crippen LogP contribution in [0.5, 0.6) is 0 Å². The van der Waals surface area contributed by atoms with Gasteiger partial charge in [0.15, 0.2) is 0 Å². The molecule has 1 aromatic carbocycles. The quantitative estimate of drug-likeness (QED) is 0.589. The van der Waals surface area contributed by atoms with E-state index in [1.54, 1.807) is 19.1 Å². The van der Waals surface area contributed by atoms with Crippen molar-refractivity contribution >= 4 is 23.2 Å². The summed E-state index contributed by atoms with van der Waals surface area (Å²) < 4.78 is 5.76. The van der Waals surface area contributed by atoms with E-state index >= 15 is 0 Å². The lowest BCUT2D eigenvalue weighted by molar-refractivity contribution is -0.130. The van der Waals surface area contributed by atoms with Crippen LogP contribution in [-0.4, -0.2) is 37.1 Å². The van der Waals surface area contributed by atoms with Crippen LogP contribution >= 0.6 is 0 Å². The molecule has 0 spiro atoms. The highest BCUT2D eigenvalue weighted by atomic mass is 16.5. The molecule has 1 unspecified atom stereocenters. The van der Waals surface area contributed by atoms with Crippen molar-refractivity contribution in [3.05, 3.63) is 23.8 Å². The molecule has 0 radical (unpaired) electrons. The molecule has 2 rings (SSSR count). The summed E-state index contributed by atoms with van der Waals surface area (Å²) in [6.07, 6.45) is 1.25. The first kappa shape index (κ1) is 16.3. The number of nitrogens with one attached hydrogen (secondary N) is 2. The fraction of sp³-hybridized carbons (Fsp3) is 0.467. The molecule has 0 bridgehead atoms. The van der Waals surface area contributed by atoms with Gasteiger partial charge in [-0.3, -0.25) is 9.59 Å². The first-order valence-electron chi connectivity index (χ1n) is 7.34. The van der Waals surface area contributed by atoms with E-state index in [0.29, 0.717) is 5.69 Å². The number of ether oxygens (including phenoxy) is 1. The fourth-order valence-electron chi connectivity index (χ4n) is 2.41. The summed E-state index contributed by atoms with van der Waals surface area (Å²) in [5.41, 5.74) is 11.8. The Kier molecular flexibility index (Phi) is 5.35. The molecule has 0 aliphatic carbocycles. The molecular weight excluding hydrogens is 284 g/mol. The SMILES string of the molecule is CC(OC1CCNCC1)C(=O)Nc1cccc(C(N)=O)c1N. The number of nitrogens with two attached hydrogens (primary N) is 2. The predicted octanol–water partition coefficient (Wildman–Crippen LogP) is 0.463. The zero-order chi connectivity index (χ0) is 16.1. The van der Waals surface area contributed by atoms with Crippen LogP contribution in [-0.2, 0) is 9.53 Å². The number of hydrogen-bond donors (Lipinski definition) is 4. The number of carbonyl (C=O) groups excluding carboxylic acids is 2. The summed E-state index contributed by atoms with van der Waals surface area (Å²) in [4.78, 5) is 23.5. The van der Waals surface area contributed by atoms with Gasteiger partial charge in [0.1, 0.15) is 6.10 Å². The maximum absolute atomic E-state index is 12.2. The van der Waals surface area contributed by atoms with E-state index in [9.17, 15) is 9.59 Å². The van der Waals surface area contributed by atoms with Gasteiger partial charge >= 0.3 is 0 Å². The minimum atomic E-state index is -0.632. The third-order valence-corrected chi connectivity index (χ3v) is 3.68. The van der Waals surface area contributed by atoms with Crippen LogP contribution < -0.4 is 22.1 Å². The molecule has 1 aromatic rings. The van der Waals surface area contributed by atoms with Gasteiger partial charge in [-0.05, 0) is 45.0 Å². The fourth-order valence-corrected chi connectivity index (χ4v) is 2.41. The number of carbonyl (C=O) groups is 2. The van der Waals surface area contributed by atoms with Crippen LogP contribution in [0.3, 0.4) is 0 Å². The average Bonchev–Trinajstić information content (AvgIpc) is 2.50. The zero-order valence-electron chi connectivity index (χ0n) is 12.6. The van der Waals surface area contributed by atoms with Gasteiger partial charge in [0.2, 0.25) is 0 Å². The second-order valence-corrected chi connectivity index (χ2v) is 5.35. The van der Waals surface area contributed by atoms with E-state index in [0.717, 1.165) is 25.9 Å². The van der Waals surface area contributed by atoms with Crippen molar-refractivity contribution in [1.82, 2.24) is 5.32 Å². The number of amides is 2. The summed E-state index contributed by atoms with van der Waals surface area (Å²) in [7, 11) is 0. The van der Waals surface area contributed by atoms with Crippen molar-refractivity contribution < 1.29 is 14.3 Å². The van der Waals surface area contributed by atoms with Gasteiger partial charge in [-0.1, -0.05) is 6.07 Å². The van der Waals surface area contributed by atoms with Gasteiger partial charge in [0, 0.05) is 0 Å². The minimum Gasteiger partial charge on any atom is -0.396 e. The van der Waals surface area contributed by atoms with Crippen LogP contribution in [0.15, 0.2) is 18.2 Å². The number of piperidine rings is 1. The lowest BCUT2D eigenvalue weighted by Crippen LogP contribution is -2.38. The minimum absolute atomic E-state index is 0.0799. The Morgan fingerprint density at radius 2 is 2.05 bits per heavy atom. The summed E-state index contributed by atoms with van der Waals surface area (Å²) in [6, 6.07) is 4.75. The third-order valence-electron chi connectivity index (χ3n) is 3.68. The molecule has 1 aliphatic heterocycles. The maximum Gasteiger partial charge on any atom is 0.253 e. The number of para-hydroxylation sites is 1. The highest BCUT2D eigenvalue weighted by molar-refractivity contribution is 6.04. The molecule has 22 heavy (non-hydrogen) atoms. The number of rotatable bonds is 5. The standard InChI is InChI=1S/C15H22N4O3/c1-9(22-10-5-7-18-8-6-10)15(21)19-12-4-2-3-11(13(12)16)14(17)20/h2-4,9-10,18H,5-8,16H2,1H3,(H2,17,20)(H,19,21). The Morgan fingerprint density at radius 3 is 2.68 bits per heavy atom. The summed E-state index contributed by atoms with van der Waals surface area (Å²) in [5, 5.41) is 5.92. The Morgan fingerprint density at radius 1 is 1.36 bits per heavy atom. The molecule has 1 fully saturated rings. The van der Waals surface area contributed by atoms with Crippen molar-refractivity contribution in [2.45, 2.75) is 32.0 Å². The average molecular weight is 306 g/mol. The first-order chi connectivity index (χ1) is 10.5. The van der Waals surface area contributed by atoms with Gasteiger partial charge in [-0.15, -0.1) is 0 Å². The van der Waals surface area contributed by atoms with Gasteiger partial charge in [-0.25, -0.2) is 0 Å². The second-order valence-electron chi connectivity index (χ2n) is 5.35. The normalized spacial score (nSPS) is 17.0. The summed E-state index contributed by atoms with van der Waals surface area (Å²) in [6.45, 7) is 3.49. The van der Waals surface area contributed by atoms with E-state index in [4.69, 9.17) is 16.2 Å². The topological polar surface area (TPSA) is 119 Å². The van der Waals surface area contributed by atoms with Gasteiger partial charge in [-0.2, -0.15) is 0 Å². The number of anilines is 2. The summed E-state index contributed by atoms with van der Waals surface area (Å²) >= 11 is 0. The number of primary amides is 1. The second kappa shape index (κ2) is 7.24. The predicted molar refractivity (Wildman–Crippen MR) is 84.4 cm³/mol. The van der Waals surface area contributed by atoms with Crippen LogP contribution in [0.1, 0.15) is 30.1 Å². The molecule has 6 N–H and O–H groups in total. The molecule has 7 heteroatoms. The van der Waals surface area contributed by atoms with E-state index < -0.39 is 12.0 Å². The third kappa shape index (κ3) is 3.96. The molecule has 120 valence electrons. The van der Waals surface area contributed by atoms with Crippen molar-refractivity contribution in [2.75, 3.05) is 24.1 Å². The molecule has 1 saturated heterocycles. The highest BCUT2D eigenvalue weighted by Gasteiger charge is 2.22. The van der Waals surface area contributed by atoms with E-state index in [1.807, 2.05) is 0 Å². The van der Waals surface area contributed by atoms with Gasteiger partial charge in [0.25, 0.3) is 11.8 Å².